The van der Waals surface area contributed by atoms with Crippen LogP contribution in [-0.2, 0) is 11.3 Å². The van der Waals surface area contributed by atoms with E-state index in [0.717, 1.165) is 22.0 Å². The van der Waals surface area contributed by atoms with E-state index in [2.05, 4.69) is 0 Å². The predicted octanol–water partition coefficient (Wildman–Crippen LogP) is 4.16. The molecule has 0 aromatic carbocycles. The Morgan fingerprint density at radius 1 is 1.20 bits per heavy atom. The SMILES string of the molecule is Cc1ccc(C(=O)OCC(=O)c2cc(C)n(Cc3ccco3)c2C)s1. The third-order valence-corrected chi connectivity index (χ3v) is 5.02. The molecule has 0 amide bonds. The molecule has 25 heavy (non-hydrogen) atoms. The van der Waals surface area contributed by atoms with Crippen LogP contribution >= 0.6 is 11.3 Å². The Morgan fingerprint density at radius 2 is 2.00 bits per heavy atom. The van der Waals surface area contributed by atoms with Gasteiger partial charge in [0.1, 0.15) is 10.6 Å². The maximum atomic E-state index is 12.5. The number of hydrogen-bond acceptors (Lipinski definition) is 5. The van der Waals surface area contributed by atoms with E-state index in [1.54, 1.807) is 12.3 Å². The smallest absolute Gasteiger partial charge is 0.348 e. The summed E-state index contributed by atoms with van der Waals surface area (Å²) in [6.45, 7) is 6.04. The Kier molecular flexibility index (Phi) is 4.90. The Hall–Kier alpha value is -2.60. The van der Waals surface area contributed by atoms with Gasteiger partial charge in [-0.05, 0) is 51.1 Å². The van der Waals surface area contributed by atoms with Gasteiger partial charge in [0.2, 0.25) is 5.78 Å². The molecule has 3 aromatic rings. The first-order valence-corrected chi connectivity index (χ1v) is 8.73. The molecule has 0 aliphatic heterocycles. The zero-order chi connectivity index (χ0) is 18.0. The molecule has 130 valence electrons. The number of rotatable bonds is 6. The molecule has 0 aliphatic rings. The quantitative estimate of drug-likeness (QED) is 0.491. The Morgan fingerprint density at radius 3 is 2.64 bits per heavy atom. The van der Waals surface area contributed by atoms with Gasteiger partial charge < -0.3 is 13.7 Å². The van der Waals surface area contributed by atoms with Crippen LogP contribution in [0.1, 0.15) is 42.1 Å². The van der Waals surface area contributed by atoms with Crippen LogP contribution in [-0.4, -0.2) is 22.9 Å². The monoisotopic (exact) mass is 357 g/mol. The minimum absolute atomic E-state index is 0.208. The summed E-state index contributed by atoms with van der Waals surface area (Å²) in [6.07, 6.45) is 1.63. The van der Waals surface area contributed by atoms with Crippen LogP contribution in [0.25, 0.3) is 0 Å². The molecule has 3 rings (SSSR count). The van der Waals surface area contributed by atoms with Gasteiger partial charge in [0.25, 0.3) is 0 Å². The first-order chi connectivity index (χ1) is 12.0. The molecule has 0 atom stereocenters. The lowest BCUT2D eigenvalue weighted by atomic mass is 10.1. The largest absolute Gasteiger partial charge is 0.467 e. The van der Waals surface area contributed by atoms with Crippen molar-refractivity contribution in [1.82, 2.24) is 4.57 Å². The number of hydrogen-bond donors (Lipinski definition) is 0. The molecule has 0 N–H and O–H groups in total. The second kappa shape index (κ2) is 7.11. The Bertz CT molecular complexity index is 902. The van der Waals surface area contributed by atoms with E-state index in [-0.39, 0.29) is 12.4 Å². The molecule has 0 bridgehead atoms. The predicted molar refractivity (Wildman–Crippen MR) is 95.4 cm³/mol. The van der Waals surface area contributed by atoms with Crippen molar-refractivity contribution in [2.24, 2.45) is 0 Å². The zero-order valence-electron chi connectivity index (χ0n) is 14.4. The number of Topliss-reactive ketones (excluding diaryl/α,β-unsaturated/α-hetero) is 1. The summed E-state index contributed by atoms with van der Waals surface area (Å²) >= 11 is 1.35. The summed E-state index contributed by atoms with van der Waals surface area (Å²) in [6, 6.07) is 9.11. The lowest BCUT2D eigenvalue weighted by Crippen LogP contribution is -2.14. The van der Waals surface area contributed by atoms with Crippen LogP contribution in [0.2, 0.25) is 0 Å². The van der Waals surface area contributed by atoms with Crippen molar-refractivity contribution in [3.63, 3.8) is 0 Å². The van der Waals surface area contributed by atoms with E-state index in [1.165, 1.54) is 11.3 Å². The van der Waals surface area contributed by atoms with Crippen molar-refractivity contribution in [3.8, 4) is 0 Å². The van der Waals surface area contributed by atoms with Gasteiger partial charge in [0.05, 0.1) is 12.8 Å². The van der Waals surface area contributed by atoms with Crippen molar-refractivity contribution >= 4 is 23.1 Å². The van der Waals surface area contributed by atoms with Gasteiger partial charge in [-0.2, -0.15) is 0 Å². The highest BCUT2D eigenvalue weighted by Gasteiger charge is 2.19. The highest BCUT2D eigenvalue weighted by Crippen LogP contribution is 2.19. The average molecular weight is 357 g/mol. The van der Waals surface area contributed by atoms with Crippen molar-refractivity contribution in [1.29, 1.82) is 0 Å². The van der Waals surface area contributed by atoms with Crippen LogP contribution in [0, 0.1) is 20.8 Å². The van der Waals surface area contributed by atoms with Crippen LogP contribution in [0.15, 0.2) is 41.0 Å². The second-order valence-corrected chi connectivity index (χ2v) is 7.15. The molecule has 0 spiro atoms. The van der Waals surface area contributed by atoms with Gasteiger partial charge in [0, 0.05) is 21.8 Å². The van der Waals surface area contributed by atoms with Gasteiger partial charge in [0.15, 0.2) is 6.61 Å². The molecule has 3 aromatic heterocycles. The summed E-state index contributed by atoms with van der Waals surface area (Å²) in [5.74, 6) is 0.150. The van der Waals surface area contributed by atoms with Gasteiger partial charge >= 0.3 is 5.97 Å². The first kappa shape index (κ1) is 17.2. The summed E-state index contributed by atoms with van der Waals surface area (Å²) in [4.78, 5) is 26.0. The fourth-order valence-corrected chi connectivity index (χ4v) is 3.47. The van der Waals surface area contributed by atoms with E-state index in [1.807, 2.05) is 49.6 Å². The lowest BCUT2D eigenvalue weighted by molar-refractivity contribution is 0.0479. The van der Waals surface area contributed by atoms with E-state index in [4.69, 9.17) is 9.15 Å². The third-order valence-electron chi connectivity index (χ3n) is 4.04. The fourth-order valence-electron chi connectivity index (χ4n) is 2.71. The zero-order valence-corrected chi connectivity index (χ0v) is 15.2. The maximum absolute atomic E-state index is 12.5. The van der Waals surface area contributed by atoms with E-state index >= 15 is 0 Å². The van der Waals surface area contributed by atoms with Crippen molar-refractivity contribution in [3.05, 3.63) is 69.1 Å². The van der Waals surface area contributed by atoms with Gasteiger partial charge in [-0.25, -0.2) is 4.79 Å². The minimum Gasteiger partial charge on any atom is -0.467 e. The molecular weight excluding hydrogens is 338 g/mol. The van der Waals surface area contributed by atoms with Crippen LogP contribution in [0.4, 0.5) is 0 Å². The summed E-state index contributed by atoms with van der Waals surface area (Å²) in [7, 11) is 0. The Labute approximate surface area is 149 Å². The van der Waals surface area contributed by atoms with E-state index < -0.39 is 5.97 Å². The number of ketones is 1. The standard InChI is InChI=1S/C19H19NO4S/c1-12-9-16(14(3)20(12)10-15-5-4-8-23-15)17(21)11-24-19(22)18-7-6-13(2)25-18/h4-9H,10-11H2,1-3H3. The molecule has 0 saturated heterocycles. The normalized spacial score (nSPS) is 10.8. The average Bonchev–Trinajstić information content (AvgIpc) is 3.30. The summed E-state index contributed by atoms with van der Waals surface area (Å²) < 4.78 is 12.5. The number of aryl methyl sites for hydroxylation is 2. The second-order valence-electron chi connectivity index (χ2n) is 5.86. The highest BCUT2D eigenvalue weighted by molar-refractivity contribution is 7.13. The number of thiophene rings is 1. The summed E-state index contributed by atoms with van der Waals surface area (Å²) in [5.41, 5.74) is 2.36. The maximum Gasteiger partial charge on any atom is 0.348 e. The van der Waals surface area contributed by atoms with Crippen LogP contribution < -0.4 is 0 Å². The number of carbonyl (C=O) groups is 2. The van der Waals surface area contributed by atoms with Gasteiger partial charge in [-0.1, -0.05) is 0 Å². The molecule has 3 heterocycles. The molecule has 0 fully saturated rings. The topological polar surface area (TPSA) is 61.4 Å². The van der Waals surface area contributed by atoms with Gasteiger partial charge in [-0.3, -0.25) is 4.79 Å². The van der Waals surface area contributed by atoms with Crippen molar-refractivity contribution in [2.75, 3.05) is 6.61 Å². The molecule has 0 radical (unpaired) electrons. The van der Waals surface area contributed by atoms with Gasteiger partial charge in [-0.15, -0.1) is 11.3 Å². The van der Waals surface area contributed by atoms with Crippen LogP contribution in [0.5, 0.6) is 0 Å². The molecule has 5 nitrogen and oxygen atoms in total. The van der Waals surface area contributed by atoms with E-state index in [9.17, 15) is 9.59 Å². The third kappa shape index (κ3) is 3.74. The number of esters is 1. The minimum atomic E-state index is -0.462. The highest BCUT2D eigenvalue weighted by atomic mass is 32.1. The lowest BCUT2D eigenvalue weighted by Gasteiger charge is -2.08. The number of furan rings is 1. The van der Waals surface area contributed by atoms with Crippen molar-refractivity contribution < 1.29 is 18.7 Å². The number of aromatic nitrogens is 1. The molecule has 0 aliphatic carbocycles. The van der Waals surface area contributed by atoms with Crippen molar-refractivity contribution in [2.45, 2.75) is 27.3 Å². The molecule has 6 heteroatoms. The number of carbonyl (C=O) groups excluding carboxylic acids is 2. The Balaban J connectivity index is 1.69. The number of ether oxygens (including phenoxy) is 1. The fraction of sp³-hybridized carbons (Fsp3) is 0.263. The molecule has 0 unspecified atom stereocenters. The number of nitrogens with zero attached hydrogens (tertiary/aromatic N) is 1. The first-order valence-electron chi connectivity index (χ1n) is 7.91. The molecular formula is C19H19NO4S. The van der Waals surface area contributed by atoms with Crippen LogP contribution in [0.3, 0.4) is 0 Å². The molecule has 0 saturated carbocycles. The van der Waals surface area contributed by atoms with E-state index in [0.29, 0.717) is 17.0 Å². The summed E-state index contributed by atoms with van der Waals surface area (Å²) in [5, 5.41) is 0.